The zero-order chi connectivity index (χ0) is 19.6. The van der Waals surface area contributed by atoms with Crippen molar-refractivity contribution in [3.05, 3.63) is 59.8 Å². The summed E-state index contributed by atoms with van der Waals surface area (Å²) in [5.41, 5.74) is 1.08. The van der Waals surface area contributed by atoms with Gasteiger partial charge in [0, 0.05) is 23.7 Å². The van der Waals surface area contributed by atoms with Crippen LogP contribution < -0.4 is 15.4 Å². The molecule has 0 fully saturated rings. The van der Waals surface area contributed by atoms with Gasteiger partial charge in [-0.1, -0.05) is 24.3 Å². The molecule has 0 unspecified atom stereocenters. The number of nitrogens with one attached hydrogen (secondary N) is 2. The van der Waals surface area contributed by atoms with Crippen molar-refractivity contribution in [2.75, 3.05) is 20.8 Å². The summed E-state index contributed by atoms with van der Waals surface area (Å²) < 4.78 is 9.91. The third-order valence-corrected chi connectivity index (χ3v) is 3.73. The SMILES string of the molecule is COC(=O)[C@@H](Cc1cccnc1OC)NC(=O)CNC(=O)c1ccccc1. The maximum absolute atomic E-state index is 12.2. The molecule has 0 aliphatic heterocycles. The Hall–Kier alpha value is -3.42. The van der Waals surface area contributed by atoms with Crippen LogP contribution in [-0.4, -0.2) is 49.6 Å². The van der Waals surface area contributed by atoms with Gasteiger partial charge >= 0.3 is 5.97 Å². The van der Waals surface area contributed by atoms with E-state index in [0.717, 1.165) is 0 Å². The lowest BCUT2D eigenvalue weighted by Gasteiger charge is -2.17. The van der Waals surface area contributed by atoms with Crippen LogP contribution in [-0.2, 0) is 20.7 Å². The van der Waals surface area contributed by atoms with Gasteiger partial charge in [-0.05, 0) is 18.2 Å². The maximum Gasteiger partial charge on any atom is 0.328 e. The standard InChI is InChI=1S/C19H21N3O5/c1-26-18-14(9-6-10-20-18)11-15(19(25)27-2)22-16(23)12-21-17(24)13-7-4-3-5-8-13/h3-10,15H,11-12H2,1-2H3,(H,21,24)(H,22,23)/t15-/m1/s1. The van der Waals surface area contributed by atoms with Crippen LogP contribution in [0.1, 0.15) is 15.9 Å². The van der Waals surface area contributed by atoms with Gasteiger partial charge in [-0.2, -0.15) is 0 Å². The molecule has 142 valence electrons. The Labute approximate surface area is 156 Å². The first-order valence-corrected chi connectivity index (χ1v) is 8.23. The van der Waals surface area contributed by atoms with E-state index in [2.05, 4.69) is 15.6 Å². The minimum absolute atomic E-state index is 0.141. The first kappa shape index (κ1) is 19.9. The van der Waals surface area contributed by atoms with Gasteiger partial charge < -0.3 is 20.1 Å². The number of carbonyl (C=O) groups is 3. The minimum atomic E-state index is -0.936. The molecule has 2 amide bonds. The number of hydrogen-bond donors (Lipinski definition) is 2. The number of aromatic nitrogens is 1. The second kappa shape index (κ2) is 9.91. The lowest BCUT2D eigenvalue weighted by Crippen LogP contribution is -2.47. The molecule has 2 aromatic rings. The fourth-order valence-electron chi connectivity index (χ4n) is 2.42. The second-order valence-electron chi connectivity index (χ2n) is 5.57. The monoisotopic (exact) mass is 371 g/mol. The van der Waals surface area contributed by atoms with Gasteiger partial charge in [-0.15, -0.1) is 0 Å². The molecule has 1 aromatic carbocycles. The normalized spacial score (nSPS) is 11.2. The number of amides is 2. The summed E-state index contributed by atoms with van der Waals surface area (Å²) in [5, 5.41) is 5.07. The van der Waals surface area contributed by atoms with E-state index in [1.165, 1.54) is 14.2 Å². The number of methoxy groups -OCH3 is 2. The Morgan fingerprint density at radius 3 is 2.48 bits per heavy atom. The number of hydrogen-bond acceptors (Lipinski definition) is 6. The highest BCUT2D eigenvalue weighted by atomic mass is 16.5. The van der Waals surface area contributed by atoms with E-state index in [-0.39, 0.29) is 18.9 Å². The molecule has 8 heteroatoms. The highest BCUT2D eigenvalue weighted by Crippen LogP contribution is 2.16. The summed E-state index contributed by atoms with van der Waals surface area (Å²) in [5.74, 6) is -1.14. The van der Waals surface area contributed by atoms with E-state index in [4.69, 9.17) is 9.47 Å². The molecule has 0 spiro atoms. The summed E-state index contributed by atoms with van der Waals surface area (Å²) in [6.07, 6.45) is 1.70. The molecule has 0 aliphatic rings. The van der Waals surface area contributed by atoms with Crippen molar-refractivity contribution >= 4 is 17.8 Å². The molecule has 0 saturated carbocycles. The summed E-state index contributed by atoms with van der Waals surface area (Å²) in [6, 6.07) is 11.0. The molecule has 2 N–H and O–H groups in total. The Morgan fingerprint density at radius 2 is 1.81 bits per heavy atom. The number of ether oxygens (including phenoxy) is 2. The summed E-state index contributed by atoms with van der Waals surface area (Å²) in [6.45, 7) is -0.272. The number of esters is 1. The topological polar surface area (TPSA) is 107 Å². The van der Waals surface area contributed by atoms with Crippen LogP contribution in [0.15, 0.2) is 48.7 Å². The fraction of sp³-hybridized carbons (Fsp3) is 0.263. The van der Waals surface area contributed by atoms with E-state index in [1.54, 1.807) is 48.7 Å². The maximum atomic E-state index is 12.2. The zero-order valence-electron chi connectivity index (χ0n) is 15.1. The summed E-state index contributed by atoms with van der Waals surface area (Å²) >= 11 is 0. The Balaban J connectivity index is 1.98. The van der Waals surface area contributed by atoms with Crippen molar-refractivity contribution in [3.8, 4) is 5.88 Å². The van der Waals surface area contributed by atoms with Crippen LogP contribution in [0.4, 0.5) is 0 Å². The predicted molar refractivity (Wildman–Crippen MR) is 97.2 cm³/mol. The Bertz CT molecular complexity index is 795. The average Bonchev–Trinajstić information content (AvgIpc) is 2.71. The Morgan fingerprint density at radius 1 is 1.07 bits per heavy atom. The van der Waals surface area contributed by atoms with Crippen molar-refractivity contribution in [3.63, 3.8) is 0 Å². The van der Waals surface area contributed by atoms with Crippen molar-refractivity contribution < 1.29 is 23.9 Å². The lowest BCUT2D eigenvalue weighted by atomic mass is 10.1. The number of pyridine rings is 1. The van der Waals surface area contributed by atoms with Crippen LogP contribution in [0.3, 0.4) is 0 Å². The van der Waals surface area contributed by atoms with Gasteiger partial charge in [-0.3, -0.25) is 9.59 Å². The fourth-order valence-corrected chi connectivity index (χ4v) is 2.42. The quantitative estimate of drug-likeness (QED) is 0.662. The van der Waals surface area contributed by atoms with Crippen LogP contribution in [0.2, 0.25) is 0 Å². The van der Waals surface area contributed by atoms with Gasteiger partial charge in [0.25, 0.3) is 5.91 Å². The third kappa shape index (κ3) is 5.81. The molecule has 0 radical (unpaired) electrons. The average molecular weight is 371 g/mol. The molecular formula is C19H21N3O5. The van der Waals surface area contributed by atoms with Gasteiger partial charge in [0.15, 0.2) is 0 Å². The van der Waals surface area contributed by atoms with Gasteiger partial charge in [-0.25, -0.2) is 9.78 Å². The lowest BCUT2D eigenvalue weighted by molar-refractivity contribution is -0.144. The molecule has 0 bridgehead atoms. The van der Waals surface area contributed by atoms with Crippen molar-refractivity contribution in [2.45, 2.75) is 12.5 Å². The molecule has 8 nitrogen and oxygen atoms in total. The van der Waals surface area contributed by atoms with Crippen molar-refractivity contribution in [2.24, 2.45) is 0 Å². The zero-order valence-corrected chi connectivity index (χ0v) is 15.1. The first-order valence-electron chi connectivity index (χ1n) is 8.23. The van der Waals surface area contributed by atoms with Gasteiger partial charge in [0.2, 0.25) is 11.8 Å². The van der Waals surface area contributed by atoms with E-state index < -0.39 is 17.9 Å². The molecule has 1 aromatic heterocycles. The number of carbonyl (C=O) groups excluding carboxylic acids is 3. The number of nitrogens with zero attached hydrogens (tertiary/aromatic N) is 1. The predicted octanol–water partition coefficient (Wildman–Crippen LogP) is 0.721. The number of benzene rings is 1. The first-order chi connectivity index (χ1) is 13.0. The molecule has 27 heavy (non-hydrogen) atoms. The van der Waals surface area contributed by atoms with Gasteiger partial charge in [0.05, 0.1) is 20.8 Å². The van der Waals surface area contributed by atoms with Crippen LogP contribution in [0, 0.1) is 0 Å². The third-order valence-electron chi connectivity index (χ3n) is 3.73. The van der Waals surface area contributed by atoms with Crippen LogP contribution >= 0.6 is 0 Å². The van der Waals surface area contributed by atoms with Crippen molar-refractivity contribution in [1.29, 1.82) is 0 Å². The van der Waals surface area contributed by atoms with Crippen molar-refractivity contribution in [1.82, 2.24) is 15.6 Å². The van der Waals surface area contributed by atoms with Crippen LogP contribution in [0.25, 0.3) is 0 Å². The molecular weight excluding hydrogens is 350 g/mol. The Kier molecular flexibility index (Phi) is 7.30. The smallest absolute Gasteiger partial charge is 0.328 e. The van der Waals surface area contributed by atoms with E-state index in [1.807, 2.05) is 0 Å². The molecule has 0 saturated heterocycles. The summed E-state index contributed by atoms with van der Waals surface area (Å²) in [7, 11) is 2.70. The summed E-state index contributed by atoms with van der Waals surface area (Å²) in [4.78, 5) is 40.3. The molecule has 0 aliphatic carbocycles. The molecule has 1 heterocycles. The molecule has 1 atom stereocenters. The van der Waals surface area contributed by atoms with Gasteiger partial charge in [0.1, 0.15) is 6.04 Å². The largest absolute Gasteiger partial charge is 0.481 e. The van der Waals surface area contributed by atoms with E-state index in [0.29, 0.717) is 17.0 Å². The minimum Gasteiger partial charge on any atom is -0.481 e. The highest BCUT2D eigenvalue weighted by Gasteiger charge is 2.24. The van der Waals surface area contributed by atoms with E-state index >= 15 is 0 Å². The van der Waals surface area contributed by atoms with Crippen LogP contribution in [0.5, 0.6) is 5.88 Å². The second-order valence-corrected chi connectivity index (χ2v) is 5.57. The highest BCUT2D eigenvalue weighted by molar-refractivity contribution is 5.96. The molecule has 2 rings (SSSR count). The number of rotatable bonds is 8. The van der Waals surface area contributed by atoms with E-state index in [9.17, 15) is 14.4 Å².